The number of hydrogen-bond donors (Lipinski definition) is 1. The molecule has 0 radical (unpaired) electrons. The molecule has 5 rings (SSSR count). The fraction of sp³-hybridized carbons (Fsp3) is 0.350. The highest BCUT2D eigenvalue weighted by Crippen LogP contribution is 2.38. The standard InChI is InChI=1S/C20H22ClN7/c21-14-3-1-4-15(11-14)28-13-18(24-25-28)19-7-6-16-12-26(9-10-27(16)19)20-17(22)5-2-8-23-20/h1-5,8,11,13,16,19H,6-7,9-10,12,22H2/t16-,19+/m0/s1. The van der Waals surface area contributed by atoms with Crippen molar-refractivity contribution in [3.8, 4) is 5.69 Å². The molecule has 0 saturated carbocycles. The van der Waals surface area contributed by atoms with E-state index < -0.39 is 0 Å². The van der Waals surface area contributed by atoms with Crippen LogP contribution in [-0.4, -0.2) is 50.6 Å². The van der Waals surface area contributed by atoms with Crippen molar-refractivity contribution in [2.75, 3.05) is 30.3 Å². The molecule has 8 heteroatoms. The van der Waals surface area contributed by atoms with Crippen molar-refractivity contribution < 1.29 is 0 Å². The van der Waals surface area contributed by atoms with Gasteiger partial charge in [0.25, 0.3) is 0 Å². The molecular weight excluding hydrogens is 374 g/mol. The first kappa shape index (κ1) is 17.5. The SMILES string of the molecule is Nc1cccnc1N1CCN2[C@@H](CC[C@@H]2c2cn(-c3cccc(Cl)c3)nn2)C1. The lowest BCUT2D eigenvalue weighted by atomic mass is 10.1. The Morgan fingerprint density at radius 2 is 2.04 bits per heavy atom. The monoisotopic (exact) mass is 395 g/mol. The van der Waals surface area contributed by atoms with E-state index in [1.54, 1.807) is 4.68 Å². The van der Waals surface area contributed by atoms with Gasteiger partial charge in [-0.25, -0.2) is 9.67 Å². The Bertz CT molecular complexity index is 988. The third kappa shape index (κ3) is 3.10. The van der Waals surface area contributed by atoms with E-state index in [0.717, 1.165) is 55.4 Å². The number of anilines is 2. The zero-order valence-corrected chi connectivity index (χ0v) is 16.2. The van der Waals surface area contributed by atoms with Crippen LogP contribution in [0.25, 0.3) is 5.69 Å². The molecule has 2 atom stereocenters. The van der Waals surface area contributed by atoms with Gasteiger partial charge in [-0.3, -0.25) is 4.90 Å². The second kappa shape index (κ2) is 7.07. The van der Waals surface area contributed by atoms with E-state index in [-0.39, 0.29) is 0 Å². The smallest absolute Gasteiger partial charge is 0.151 e. The third-order valence-electron chi connectivity index (χ3n) is 5.74. The first-order chi connectivity index (χ1) is 13.7. The van der Waals surface area contributed by atoms with Gasteiger partial charge in [0, 0.05) is 36.9 Å². The number of fused-ring (bicyclic) bond motifs is 1. The summed E-state index contributed by atoms with van der Waals surface area (Å²) in [6.45, 7) is 2.83. The van der Waals surface area contributed by atoms with Crippen molar-refractivity contribution in [3.05, 3.63) is 59.5 Å². The normalized spacial score (nSPS) is 22.4. The van der Waals surface area contributed by atoms with Crippen LogP contribution in [0.15, 0.2) is 48.8 Å². The van der Waals surface area contributed by atoms with Gasteiger partial charge in [-0.15, -0.1) is 5.10 Å². The lowest BCUT2D eigenvalue weighted by Gasteiger charge is -2.40. The van der Waals surface area contributed by atoms with Gasteiger partial charge >= 0.3 is 0 Å². The Kier molecular flexibility index (Phi) is 4.41. The van der Waals surface area contributed by atoms with Gasteiger partial charge in [-0.05, 0) is 43.2 Å². The van der Waals surface area contributed by atoms with E-state index >= 15 is 0 Å². The zero-order chi connectivity index (χ0) is 19.1. The molecular formula is C20H22ClN7. The molecule has 2 aliphatic rings. The van der Waals surface area contributed by atoms with Crippen LogP contribution in [0.3, 0.4) is 0 Å². The Hall–Kier alpha value is -2.64. The second-order valence-corrected chi connectivity index (χ2v) is 7.85. The summed E-state index contributed by atoms with van der Waals surface area (Å²) in [6.07, 6.45) is 6.06. The molecule has 0 unspecified atom stereocenters. The van der Waals surface area contributed by atoms with Crippen LogP contribution in [0.4, 0.5) is 11.5 Å². The average molecular weight is 396 g/mol. The van der Waals surface area contributed by atoms with Crippen LogP contribution >= 0.6 is 11.6 Å². The summed E-state index contributed by atoms with van der Waals surface area (Å²) < 4.78 is 1.80. The van der Waals surface area contributed by atoms with Gasteiger partial charge in [0.15, 0.2) is 5.82 Å². The molecule has 0 aliphatic carbocycles. The van der Waals surface area contributed by atoms with Gasteiger partial charge in [0.1, 0.15) is 5.69 Å². The predicted octanol–water partition coefficient (Wildman–Crippen LogP) is 2.92. The van der Waals surface area contributed by atoms with Crippen LogP contribution < -0.4 is 10.6 Å². The number of pyridine rings is 1. The predicted molar refractivity (Wildman–Crippen MR) is 110 cm³/mol. The number of benzene rings is 1. The van der Waals surface area contributed by atoms with Crippen molar-refractivity contribution in [2.45, 2.75) is 24.9 Å². The third-order valence-corrected chi connectivity index (χ3v) is 5.98. The van der Waals surface area contributed by atoms with Crippen LogP contribution in [0, 0.1) is 0 Å². The molecule has 28 heavy (non-hydrogen) atoms. The van der Waals surface area contributed by atoms with E-state index in [1.807, 2.05) is 48.8 Å². The molecule has 0 spiro atoms. The highest BCUT2D eigenvalue weighted by Gasteiger charge is 2.39. The minimum atomic E-state index is 0.307. The number of hydrogen-bond acceptors (Lipinski definition) is 6. The van der Waals surface area contributed by atoms with E-state index in [4.69, 9.17) is 17.3 Å². The van der Waals surface area contributed by atoms with Gasteiger partial charge in [0.2, 0.25) is 0 Å². The highest BCUT2D eigenvalue weighted by atomic mass is 35.5. The minimum absolute atomic E-state index is 0.307. The Morgan fingerprint density at radius 1 is 1.11 bits per heavy atom. The van der Waals surface area contributed by atoms with Crippen molar-refractivity contribution in [1.29, 1.82) is 0 Å². The zero-order valence-electron chi connectivity index (χ0n) is 15.4. The summed E-state index contributed by atoms with van der Waals surface area (Å²) >= 11 is 6.11. The Balaban J connectivity index is 1.33. The summed E-state index contributed by atoms with van der Waals surface area (Å²) in [5.41, 5.74) is 8.82. The van der Waals surface area contributed by atoms with Gasteiger partial charge in [0.05, 0.1) is 23.6 Å². The van der Waals surface area contributed by atoms with Crippen LogP contribution in [0.1, 0.15) is 24.6 Å². The van der Waals surface area contributed by atoms with Crippen molar-refractivity contribution >= 4 is 23.1 Å². The van der Waals surface area contributed by atoms with Crippen LogP contribution in [0.2, 0.25) is 5.02 Å². The molecule has 1 aromatic carbocycles. The summed E-state index contributed by atoms with van der Waals surface area (Å²) in [4.78, 5) is 9.35. The van der Waals surface area contributed by atoms with Crippen LogP contribution in [0.5, 0.6) is 0 Å². The number of rotatable bonds is 3. The summed E-state index contributed by atoms with van der Waals surface area (Å²) in [5.74, 6) is 0.900. The van der Waals surface area contributed by atoms with E-state index in [2.05, 4.69) is 25.1 Å². The molecule has 2 saturated heterocycles. The lowest BCUT2D eigenvalue weighted by Crippen LogP contribution is -2.51. The Morgan fingerprint density at radius 3 is 2.89 bits per heavy atom. The maximum absolute atomic E-state index is 6.13. The highest BCUT2D eigenvalue weighted by molar-refractivity contribution is 6.30. The second-order valence-electron chi connectivity index (χ2n) is 7.41. The lowest BCUT2D eigenvalue weighted by molar-refractivity contribution is 0.173. The molecule has 2 aromatic heterocycles. The molecule has 144 valence electrons. The fourth-order valence-corrected chi connectivity index (χ4v) is 4.60. The van der Waals surface area contributed by atoms with Gasteiger partial charge in [-0.1, -0.05) is 22.9 Å². The van der Waals surface area contributed by atoms with Crippen molar-refractivity contribution in [3.63, 3.8) is 0 Å². The number of nitrogens with zero attached hydrogens (tertiary/aromatic N) is 6. The number of nitrogen functional groups attached to an aromatic ring is 1. The maximum Gasteiger partial charge on any atom is 0.151 e. The van der Waals surface area contributed by atoms with E-state index in [9.17, 15) is 0 Å². The maximum atomic E-state index is 6.13. The quantitative estimate of drug-likeness (QED) is 0.734. The molecule has 2 fully saturated rings. The van der Waals surface area contributed by atoms with Gasteiger partial charge in [-0.2, -0.15) is 0 Å². The number of nitrogens with two attached hydrogens (primary N) is 1. The fourth-order valence-electron chi connectivity index (χ4n) is 4.41. The van der Waals surface area contributed by atoms with E-state index in [1.165, 1.54) is 0 Å². The summed E-state index contributed by atoms with van der Waals surface area (Å²) in [7, 11) is 0. The molecule has 7 nitrogen and oxygen atoms in total. The molecule has 2 N–H and O–H groups in total. The Labute approximate surface area is 168 Å². The van der Waals surface area contributed by atoms with Crippen LogP contribution in [-0.2, 0) is 0 Å². The van der Waals surface area contributed by atoms with Crippen molar-refractivity contribution in [2.24, 2.45) is 0 Å². The number of aromatic nitrogens is 4. The first-order valence-corrected chi connectivity index (χ1v) is 9.96. The summed E-state index contributed by atoms with van der Waals surface area (Å²) in [6, 6.07) is 12.2. The minimum Gasteiger partial charge on any atom is -0.396 e. The number of halogens is 1. The molecule has 4 heterocycles. The van der Waals surface area contributed by atoms with Gasteiger partial charge < -0.3 is 10.6 Å². The molecule has 3 aromatic rings. The molecule has 0 bridgehead atoms. The molecule has 0 amide bonds. The topological polar surface area (TPSA) is 76.1 Å². The largest absolute Gasteiger partial charge is 0.396 e. The molecule has 2 aliphatic heterocycles. The summed E-state index contributed by atoms with van der Waals surface area (Å²) in [5, 5.41) is 9.49. The average Bonchev–Trinajstić information content (AvgIpc) is 3.35. The van der Waals surface area contributed by atoms with E-state index in [0.29, 0.717) is 17.1 Å². The first-order valence-electron chi connectivity index (χ1n) is 9.58. The van der Waals surface area contributed by atoms with Crippen molar-refractivity contribution in [1.82, 2.24) is 24.9 Å². The number of piperazine rings is 1.